The molecule has 72 valence electrons. The normalized spacial score (nSPS) is 21.3. The van der Waals surface area contributed by atoms with Crippen LogP contribution in [0.5, 0.6) is 0 Å². The van der Waals surface area contributed by atoms with Crippen LogP contribution in [0.3, 0.4) is 0 Å². The minimum absolute atomic E-state index is 0.242. The lowest BCUT2D eigenvalue weighted by molar-refractivity contribution is 0.569. The van der Waals surface area contributed by atoms with Crippen LogP contribution >= 0.6 is 15.9 Å². The van der Waals surface area contributed by atoms with Gasteiger partial charge in [0.2, 0.25) is 0 Å². The molecule has 0 atom stereocenters. The number of halogens is 1. The largest absolute Gasteiger partial charge is 0.228 e. The maximum Gasteiger partial charge on any atom is 0.157 e. The van der Waals surface area contributed by atoms with Gasteiger partial charge in [0, 0.05) is 5.33 Å². The highest BCUT2D eigenvalue weighted by Gasteiger charge is 2.53. The van der Waals surface area contributed by atoms with E-state index in [1.54, 1.807) is 0 Å². The van der Waals surface area contributed by atoms with E-state index in [4.69, 9.17) is 0 Å². The first kappa shape index (κ1) is 10.5. The van der Waals surface area contributed by atoms with E-state index in [9.17, 15) is 8.42 Å². The van der Waals surface area contributed by atoms with Crippen molar-refractivity contribution in [3.05, 3.63) is 0 Å². The van der Waals surface area contributed by atoms with Crippen LogP contribution in [-0.2, 0) is 9.84 Å². The van der Waals surface area contributed by atoms with E-state index >= 15 is 0 Å². The Bertz CT molecular complexity index is 252. The molecular formula is C8H15BrO2S. The summed E-state index contributed by atoms with van der Waals surface area (Å²) in [6.07, 6.45) is 1.68. The van der Waals surface area contributed by atoms with Gasteiger partial charge in [-0.1, -0.05) is 29.8 Å². The Hall–Kier alpha value is 0.430. The van der Waals surface area contributed by atoms with Crippen molar-refractivity contribution in [2.45, 2.75) is 31.4 Å². The Labute approximate surface area is 82.8 Å². The fourth-order valence-electron chi connectivity index (χ4n) is 1.28. The minimum atomic E-state index is -2.84. The smallest absolute Gasteiger partial charge is 0.157 e. The van der Waals surface area contributed by atoms with Crippen LogP contribution in [-0.4, -0.2) is 24.2 Å². The molecule has 1 saturated carbocycles. The molecule has 1 aliphatic carbocycles. The summed E-state index contributed by atoms with van der Waals surface area (Å²) in [6, 6.07) is 0. The number of alkyl halides is 1. The lowest BCUT2D eigenvalue weighted by Crippen LogP contribution is -2.29. The van der Waals surface area contributed by atoms with Gasteiger partial charge in [0.05, 0.1) is 10.5 Å². The number of sulfone groups is 1. The molecule has 0 spiro atoms. The molecule has 0 saturated heterocycles. The number of hydrogen-bond donors (Lipinski definition) is 0. The first-order valence-corrected chi connectivity index (χ1v) is 6.99. The van der Waals surface area contributed by atoms with Crippen LogP contribution in [0, 0.1) is 5.92 Å². The second-order valence-corrected chi connectivity index (χ2v) is 6.98. The van der Waals surface area contributed by atoms with E-state index in [0.717, 1.165) is 12.8 Å². The zero-order chi connectivity index (χ0) is 9.41. The van der Waals surface area contributed by atoms with Crippen molar-refractivity contribution in [2.24, 2.45) is 5.92 Å². The SMILES string of the molecule is CC(C)CS(=O)(=O)C1(CBr)CC1. The van der Waals surface area contributed by atoms with Crippen molar-refractivity contribution in [3.63, 3.8) is 0 Å². The van der Waals surface area contributed by atoms with Crippen LogP contribution < -0.4 is 0 Å². The molecule has 1 aliphatic rings. The fourth-order valence-corrected chi connectivity index (χ4v) is 5.01. The maximum absolute atomic E-state index is 11.7. The molecule has 0 aromatic carbocycles. The first-order valence-electron chi connectivity index (χ1n) is 4.22. The van der Waals surface area contributed by atoms with E-state index in [1.165, 1.54) is 0 Å². The van der Waals surface area contributed by atoms with Crippen LogP contribution in [0.25, 0.3) is 0 Å². The molecule has 0 radical (unpaired) electrons. The second-order valence-electron chi connectivity index (χ2n) is 3.99. The van der Waals surface area contributed by atoms with Crippen molar-refractivity contribution >= 4 is 25.8 Å². The predicted octanol–water partition coefficient (Wildman–Crippen LogP) is 1.98. The molecule has 0 aromatic rings. The fraction of sp³-hybridized carbons (Fsp3) is 1.00. The summed E-state index contributed by atoms with van der Waals surface area (Å²) in [7, 11) is -2.84. The predicted molar refractivity (Wildman–Crippen MR) is 54.4 cm³/mol. The van der Waals surface area contributed by atoms with Crippen molar-refractivity contribution in [2.75, 3.05) is 11.1 Å². The van der Waals surface area contributed by atoms with Crippen molar-refractivity contribution in [1.29, 1.82) is 0 Å². The Balaban J connectivity index is 2.73. The lowest BCUT2D eigenvalue weighted by atomic mass is 10.3. The van der Waals surface area contributed by atoms with Crippen LogP contribution in [0.4, 0.5) is 0 Å². The van der Waals surface area contributed by atoms with E-state index < -0.39 is 14.6 Å². The summed E-state index contributed by atoms with van der Waals surface area (Å²) in [6.45, 7) is 3.89. The monoisotopic (exact) mass is 254 g/mol. The standard InChI is InChI=1S/C8H15BrO2S/c1-7(2)5-12(10,11)8(6-9)3-4-8/h7H,3-6H2,1-2H3. The van der Waals surface area contributed by atoms with Crippen LogP contribution in [0.15, 0.2) is 0 Å². The summed E-state index contributed by atoms with van der Waals surface area (Å²) >= 11 is 3.28. The van der Waals surface area contributed by atoms with Gasteiger partial charge in [-0.2, -0.15) is 0 Å². The van der Waals surface area contributed by atoms with E-state index in [1.807, 2.05) is 13.8 Å². The average molecular weight is 255 g/mol. The average Bonchev–Trinajstić information content (AvgIpc) is 2.62. The highest BCUT2D eigenvalue weighted by atomic mass is 79.9. The Kier molecular flexibility index (Phi) is 2.88. The number of rotatable bonds is 4. The van der Waals surface area contributed by atoms with Gasteiger partial charge in [0.25, 0.3) is 0 Å². The molecule has 0 aliphatic heterocycles. The molecule has 2 nitrogen and oxygen atoms in total. The molecule has 0 heterocycles. The number of hydrogen-bond acceptors (Lipinski definition) is 2. The van der Waals surface area contributed by atoms with Crippen LogP contribution in [0.1, 0.15) is 26.7 Å². The third-order valence-corrected chi connectivity index (χ3v) is 6.69. The van der Waals surface area contributed by atoms with Crippen molar-refractivity contribution in [3.8, 4) is 0 Å². The van der Waals surface area contributed by atoms with Gasteiger partial charge in [-0.25, -0.2) is 8.42 Å². The molecular weight excluding hydrogens is 240 g/mol. The highest BCUT2D eigenvalue weighted by molar-refractivity contribution is 9.09. The lowest BCUT2D eigenvalue weighted by Gasteiger charge is -2.14. The Morgan fingerprint density at radius 1 is 1.42 bits per heavy atom. The topological polar surface area (TPSA) is 34.1 Å². The molecule has 0 N–H and O–H groups in total. The van der Waals surface area contributed by atoms with Crippen molar-refractivity contribution in [1.82, 2.24) is 0 Å². The molecule has 1 rings (SSSR count). The molecule has 0 unspecified atom stereocenters. The molecule has 1 fully saturated rings. The summed E-state index contributed by atoms with van der Waals surface area (Å²) < 4.78 is 23.1. The van der Waals surface area contributed by atoms with E-state index in [0.29, 0.717) is 11.1 Å². The van der Waals surface area contributed by atoms with Crippen LogP contribution in [0.2, 0.25) is 0 Å². The Morgan fingerprint density at radius 2 is 1.92 bits per heavy atom. The van der Waals surface area contributed by atoms with E-state index in [-0.39, 0.29) is 5.92 Å². The second kappa shape index (κ2) is 3.29. The molecule has 4 heteroatoms. The van der Waals surface area contributed by atoms with Gasteiger partial charge in [-0.3, -0.25) is 0 Å². The third-order valence-electron chi connectivity index (χ3n) is 2.26. The summed E-state index contributed by atoms with van der Waals surface area (Å²) in [5.41, 5.74) is 0. The van der Waals surface area contributed by atoms with E-state index in [2.05, 4.69) is 15.9 Å². The zero-order valence-electron chi connectivity index (χ0n) is 7.51. The Morgan fingerprint density at radius 3 is 2.17 bits per heavy atom. The maximum atomic E-state index is 11.7. The summed E-state index contributed by atoms with van der Waals surface area (Å²) in [5.74, 6) is 0.574. The highest BCUT2D eigenvalue weighted by Crippen LogP contribution is 2.45. The van der Waals surface area contributed by atoms with Gasteiger partial charge >= 0.3 is 0 Å². The van der Waals surface area contributed by atoms with Gasteiger partial charge in [0.15, 0.2) is 9.84 Å². The molecule has 0 bridgehead atoms. The van der Waals surface area contributed by atoms with Gasteiger partial charge in [-0.15, -0.1) is 0 Å². The van der Waals surface area contributed by atoms with Gasteiger partial charge in [-0.05, 0) is 18.8 Å². The zero-order valence-corrected chi connectivity index (χ0v) is 9.91. The third kappa shape index (κ3) is 1.84. The van der Waals surface area contributed by atoms with Gasteiger partial charge in [0.1, 0.15) is 0 Å². The van der Waals surface area contributed by atoms with Gasteiger partial charge < -0.3 is 0 Å². The quantitative estimate of drug-likeness (QED) is 0.720. The first-order chi connectivity index (χ1) is 5.43. The molecule has 0 aromatic heterocycles. The molecule has 0 amide bonds. The van der Waals surface area contributed by atoms with Crippen molar-refractivity contribution < 1.29 is 8.42 Å². The minimum Gasteiger partial charge on any atom is -0.228 e. The summed E-state index contributed by atoms with van der Waals surface area (Å²) in [5, 5.41) is 0.606. The molecule has 12 heavy (non-hydrogen) atoms. The summed E-state index contributed by atoms with van der Waals surface area (Å²) in [4.78, 5) is 0.